The lowest BCUT2D eigenvalue weighted by atomic mass is 9.88. The molecule has 0 spiro atoms. The first-order chi connectivity index (χ1) is 20.5. The van der Waals surface area contributed by atoms with Crippen molar-refractivity contribution in [3.8, 4) is 0 Å². The number of halogens is 2. The molecule has 1 aliphatic heterocycles. The number of rotatable bonds is 9. The monoisotopic (exact) mass is 606 g/mol. The second kappa shape index (κ2) is 14.3. The number of amides is 3. The second-order valence-electron chi connectivity index (χ2n) is 11.3. The summed E-state index contributed by atoms with van der Waals surface area (Å²) in [6, 6.07) is 21.4. The van der Waals surface area contributed by atoms with E-state index in [4.69, 9.17) is 16.3 Å². The number of hydrogen-bond acceptors (Lipinski definition) is 5. The van der Waals surface area contributed by atoms with E-state index in [0.29, 0.717) is 35.2 Å². The molecule has 0 aliphatic carbocycles. The summed E-state index contributed by atoms with van der Waals surface area (Å²) in [5.41, 5.74) is 2.59. The lowest BCUT2D eigenvalue weighted by Gasteiger charge is -2.20. The van der Waals surface area contributed by atoms with Crippen molar-refractivity contribution >= 4 is 52.6 Å². The number of para-hydroxylation sites is 2. The van der Waals surface area contributed by atoms with Crippen LogP contribution in [0.25, 0.3) is 6.08 Å². The van der Waals surface area contributed by atoms with Gasteiger partial charge in [-0.3, -0.25) is 19.8 Å². The van der Waals surface area contributed by atoms with Gasteiger partial charge in [-0.15, -0.1) is 0 Å². The zero-order chi connectivity index (χ0) is 31.0. The molecule has 2 unspecified atom stereocenters. The molecule has 2 atom stereocenters. The number of hydrogen-bond donors (Lipinski definition) is 3. The van der Waals surface area contributed by atoms with Crippen LogP contribution >= 0.6 is 11.6 Å². The third-order valence-electron chi connectivity index (χ3n) is 6.86. The van der Waals surface area contributed by atoms with Crippen molar-refractivity contribution in [2.75, 3.05) is 42.3 Å². The number of benzene rings is 3. The Kier molecular flexibility index (Phi) is 10.6. The van der Waals surface area contributed by atoms with Crippen LogP contribution in [0.1, 0.15) is 37.8 Å². The molecule has 8 nitrogen and oxygen atoms in total. The highest BCUT2D eigenvalue weighted by atomic mass is 35.5. The maximum Gasteiger partial charge on any atom is 0.412 e. The van der Waals surface area contributed by atoms with Gasteiger partial charge in [0.2, 0.25) is 11.8 Å². The Bertz CT molecular complexity index is 1450. The van der Waals surface area contributed by atoms with Crippen LogP contribution in [-0.2, 0) is 14.3 Å². The summed E-state index contributed by atoms with van der Waals surface area (Å²) in [5.74, 6) is -0.979. The fourth-order valence-electron chi connectivity index (χ4n) is 4.87. The molecule has 4 rings (SSSR count). The van der Waals surface area contributed by atoms with Gasteiger partial charge in [-0.25, -0.2) is 9.18 Å². The predicted octanol–water partition coefficient (Wildman–Crippen LogP) is 6.96. The molecule has 3 N–H and O–H groups in total. The molecule has 0 radical (unpaired) electrons. The van der Waals surface area contributed by atoms with Crippen molar-refractivity contribution in [3.63, 3.8) is 0 Å². The summed E-state index contributed by atoms with van der Waals surface area (Å²) in [7, 11) is 0. The smallest absolute Gasteiger partial charge is 0.412 e. The molecule has 226 valence electrons. The summed E-state index contributed by atoms with van der Waals surface area (Å²) in [6.07, 6.45) is 2.46. The van der Waals surface area contributed by atoms with Gasteiger partial charge < -0.3 is 15.4 Å². The van der Waals surface area contributed by atoms with Gasteiger partial charge >= 0.3 is 6.09 Å². The first-order valence-corrected chi connectivity index (χ1v) is 14.4. The number of nitrogens with zero attached hydrogens (tertiary/aromatic N) is 1. The summed E-state index contributed by atoms with van der Waals surface area (Å²) < 4.78 is 18.4. The van der Waals surface area contributed by atoms with Crippen LogP contribution in [0.5, 0.6) is 0 Å². The van der Waals surface area contributed by atoms with Crippen molar-refractivity contribution < 1.29 is 23.5 Å². The molecular formula is C33H36ClFN4O4. The fourth-order valence-corrected chi connectivity index (χ4v) is 5.00. The van der Waals surface area contributed by atoms with Gasteiger partial charge in [-0.1, -0.05) is 48.0 Å². The molecule has 3 aromatic carbocycles. The molecule has 43 heavy (non-hydrogen) atoms. The first-order valence-electron chi connectivity index (χ1n) is 14.0. The number of ether oxygens (including phenoxy) is 1. The SMILES string of the molecule is CC(C)(C)OC(=O)Nc1ccccc1NC(=O)/C=C/c1ccc(C2CN(CCF)CC2C(=O)Nc2ccc(Cl)cc2)cc1. The van der Waals surface area contributed by atoms with Crippen molar-refractivity contribution in [2.24, 2.45) is 5.92 Å². The van der Waals surface area contributed by atoms with Crippen LogP contribution in [0.4, 0.5) is 26.2 Å². The molecule has 1 aliphatic rings. The minimum Gasteiger partial charge on any atom is -0.444 e. The van der Waals surface area contributed by atoms with Crippen molar-refractivity contribution in [2.45, 2.75) is 32.3 Å². The molecule has 10 heteroatoms. The molecule has 1 saturated heterocycles. The van der Waals surface area contributed by atoms with Gasteiger partial charge in [-0.05, 0) is 74.4 Å². The normalized spacial score (nSPS) is 17.0. The molecule has 0 saturated carbocycles. The number of nitrogens with one attached hydrogen (secondary N) is 3. The van der Waals surface area contributed by atoms with Crippen LogP contribution in [0.3, 0.4) is 0 Å². The Labute approximate surface area is 256 Å². The Morgan fingerprint density at radius 3 is 2.21 bits per heavy atom. The van der Waals surface area contributed by atoms with Gasteiger partial charge in [0.15, 0.2) is 0 Å². The van der Waals surface area contributed by atoms with E-state index in [0.717, 1.165) is 11.1 Å². The lowest BCUT2D eigenvalue weighted by Crippen LogP contribution is -2.29. The van der Waals surface area contributed by atoms with Crippen molar-refractivity contribution in [1.29, 1.82) is 0 Å². The van der Waals surface area contributed by atoms with E-state index < -0.39 is 18.4 Å². The van der Waals surface area contributed by atoms with E-state index in [-0.39, 0.29) is 30.2 Å². The van der Waals surface area contributed by atoms with Gasteiger partial charge in [0, 0.05) is 42.3 Å². The number of carbonyl (C=O) groups is 3. The minimum absolute atomic E-state index is 0.117. The average Bonchev–Trinajstić information content (AvgIpc) is 3.38. The van der Waals surface area contributed by atoms with Crippen LogP contribution < -0.4 is 16.0 Å². The molecule has 0 aromatic heterocycles. The quantitative estimate of drug-likeness (QED) is 0.229. The average molecular weight is 607 g/mol. The molecule has 3 amide bonds. The van der Waals surface area contributed by atoms with Crippen molar-refractivity contribution in [1.82, 2.24) is 4.90 Å². The van der Waals surface area contributed by atoms with E-state index in [2.05, 4.69) is 16.0 Å². The number of likely N-dealkylation sites (tertiary alicyclic amines) is 1. The van der Waals surface area contributed by atoms with Crippen LogP contribution in [0.2, 0.25) is 5.02 Å². The summed E-state index contributed by atoms with van der Waals surface area (Å²) >= 11 is 5.96. The topological polar surface area (TPSA) is 99.8 Å². The molecule has 1 heterocycles. The third kappa shape index (κ3) is 9.39. The van der Waals surface area contributed by atoms with Crippen LogP contribution in [0, 0.1) is 5.92 Å². The van der Waals surface area contributed by atoms with Crippen LogP contribution in [-0.4, -0.2) is 54.7 Å². The zero-order valence-corrected chi connectivity index (χ0v) is 25.2. The molecular weight excluding hydrogens is 571 g/mol. The Hall–Kier alpha value is -4.21. The largest absolute Gasteiger partial charge is 0.444 e. The molecule has 3 aromatic rings. The Morgan fingerprint density at radius 2 is 1.58 bits per heavy atom. The maximum atomic E-state index is 13.2. The van der Waals surface area contributed by atoms with Gasteiger partial charge in [-0.2, -0.15) is 0 Å². The number of carbonyl (C=O) groups excluding carboxylic acids is 3. The third-order valence-corrected chi connectivity index (χ3v) is 7.11. The maximum absolute atomic E-state index is 13.2. The van der Waals surface area contributed by atoms with Gasteiger partial charge in [0.1, 0.15) is 12.3 Å². The zero-order valence-electron chi connectivity index (χ0n) is 24.4. The second-order valence-corrected chi connectivity index (χ2v) is 11.8. The Morgan fingerprint density at radius 1 is 0.930 bits per heavy atom. The number of anilines is 3. The Balaban J connectivity index is 1.40. The summed E-state index contributed by atoms with van der Waals surface area (Å²) in [5, 5.41) is 8.98. The predicted molar refractivity (Wildman–Crippen MR) is 169 cm³/mol. The minimum atomic E-state index is -0.656. The lowest BCUT2D eigenvalue weighted by molar-refractivity contribution is -0.120. The van der Waals surface area contributed by atoms with E-state index in [1.165, 1.54) is 6.08 Å². The highest BCUT2D eigenvalue weighted by Crippen LogP contribution is 2.34. The van der Waals surface area contributed by atoms with Gasteiger partial charge in [0.05, 0.1) is 17.3 Å². The first kappa shape index (κ1) is 31.7. The highest BCUT2D eigenvalue weighted by molar-refractivity contribution is 6.30. The van der Waals surface area contributed by atoms with E-state index in [9.17, 15) is 18.8 Å². The van der Waals surface area contributed by atoms with Crippen LogP contribution in [0.15, 0.2) is 78.9 Å². The van der Waals surface area contributed by atoms with E-state index in [1.807, 2.05) is 29.2 Å². The van der Waals surface area contributed by atoms with Gasteiger partial charge in [0.25, 0.3) is 0 Å². The fraction of sp³-hybridized carbons (Fsp3) is 0.303. The molecule has 0 bridgehead atoms. The van der Waals surface area contributed by atoms with Crippen molar-refractivity contribution in [3.05, 3.63) is 95.0 Å². The molecule has 1 fully saturated rings. The summed E-state index contributed by atoms with van der Waals surface area (Å²) in [4.78, 5) is 40.1. The standard InChI is InChI=1S/C33H36ClFN4O4/c1-33(2,3)43-32(42)38-29-7-5-4-6-28(29)37-30(40)17-10-22-8-11-23(12-9-22)26-20-39(19-18-35)21-27(26)31(41)36-25-15-13-24(34)14-16-25/h4-17,26-27H,18-21H2,1-3H3,(H,36,41)(H,37,40)(H,38,42)/b17-10+. The number of alkyl halides is 1. The van der Waals surface area contributed by atoms with E-state index >= 15 is 0 Å². The van der Waals surface area contributed by atoms with E-state index in [1.54, 1.807) is 75.4 Å². The highest BCUT2D eigenvalue weighted by Gasteiger charge is 2.38. The summed E-state index contributed by atoms with van der Waals surface area (Å²) in [6.45, 7) is 6.12.